The Labute approximate surface area is 151 Å². The Morgan fingerprint density at radius 3 is 2.77 bits per heavy atom. The van der Waals surface area contributed by atoms with Crippen LogP contribution in [0.5, 0.6) is 0 Å². The summed E-state index contributed by atoms with van der Waals surface area (Å²) in [6, 6.07) is 12.7. The lowest BCUT2D eigenvalue weighted by Gasteiger charge is -2.11. The molecule has 0 aliphatic heterocycles. The van der Waals surface area contributed by atoms with Gasteiger partial charge in [0.25, 0.3) is 0 Å². The van der Waals surface area contributed by atoms with Crippen molar-refractivity contribution in [3.63, 3.8) is 0 Å². The molecule has 6 heteroatoms. The summed E-state index contributed by atoms with van der Waals surface area (Å²) in [5.74, 6) is 0.758. The average Bonchev–Trinajstić information content (AvgIpc) is 2.65. The van der Waals surface area contributed by atoms with Crippen LogP contribution >= 0.6 is 0 Å². The first-order valence-electron chi connectivity index (χ1n) is 8.65. The highest BCUT2D eigenvalue weighted by Gasteiger charge is 2.06. The molecule has 0 bridgehead atoms. The Morgan fingerprint density at radius 1 is 1.12 bits per heavy atom. The molecule has 0 unspecified atom stereocenters. The zero-order valence-electron chi connectivity index (χ0n) is 14.7. The third kappa shape index (κ3) is 4.47. The van der Waals surface area contributed by atoms with Crippen LogP contribution < -0.4 is 16.1 Å². The van der Waals surface area contributed by atoms with Gasteiger partial charge in [0.2, 0.25) is 5.91 Å². The molecule has 0 fully saturated rings. The highest BCUT2D eigenvalue weighted by atomic mass is 16.2. The molecule has 0 aliphatic carbocycles. The van der Waals surface area contributed by atoms with E-state index in [1.54, 1.807) is 16.8 Å². The van der Waals surface area contributed by atoms with Crippen LogP contribution in [0.3, 0.4) is 0 Å². The molecule has 3 rings (SSSR count). The summed E-state index contributed by atoms with van der Waals surface area (Å²) in [4.78, 5) is 28.3. The molecule has 6 nitrogen and oxygen atoms in total. The number of hydrogen-bond acceptors (Lipinski definition) is 4. The summed E-state index contributed by atoms with van der Waals surface area (Å²) >= 11 is 0. The topological polar surface area (TPSA) is 76.0 Å². The summed E-state index contributed by atoms with van der Waals surface area (Å²) in [5, 5.41) is 6.75. The molecule has 0 radical (unpaired) electrons. The van der Waals surface area contributed by atoms with Gasteiger partial charge in [-0.3, -0.25) is 9.59 Å². The average molecular weight is 350 g/mol. The molecule has 1 amide bonds. The first-order chi connectivity index (χ1) is 12.6. The first-order valence-corrected chi connectivity index (χ1v) is 8.65. The second-order valence-corrected chi connectivity index (χ2v) is 6.18. The van der Waals surface area contributed by atoms with Crippen molar-refractivity contribution in [3.05, 3.63) is 70.6 Å². The zero-order chi connectivity index (χ0) is 18.4. The van der Waals surface area contributed by atoms with E-state index in [4.69, 9.17) is 0 Å². The van der Waals surface area contributed by atoms with Crippen molar-refractivity contribution in [1.82, 2.24) is 14.9 Å². The maximum atomic E-state index is 12.2. The Balaban J connectivity index is 1.47. The van der Waals surface area contributed by atoms with E-state index >= 15 is 0 Å². The van der Waals surface area contributed by atoms with Crippen molar-refractivity contribution in [1.29, 1.82) is 0 Å². The molecule has 2 heterocycles. The number of anilines is 1. The lowest BCUT2D eigenvalue weighted by Crippen LogP contribution is -2.29. The van der Waals surface area contributed by atoms with Gasteiger partial charge in [-0.2, -0.15) is 0 Å². The van der Waals surface area contributed by atoms with Gasteiger partial charge in [-0.1, -0.05) is 18.2 Å². The van der Waals surface area contributed by atoms with E-state index < -0.39 is 0 Å². The van der Waals surface area contributed by atoms with E-state index in [1.807, 2.05) is 43.5 Å². The number of aromatic nitrogens is 2. The highest BCUT2D eigenvalue weighted by Crippen LogP contribution is 2.09. The van der Waals surface area contributed by atoms with E-state index in [1.165, 1.54) is 6.07 Å². The van der Waals surface area contributed by atoms with Crippen molar-refractivity contribution in [2.45, 2.75) is 19.9 Å². The molecule has 0 atom stereocenters. The Hall–Kier alpha value is -3.15. The maximum Gasteiger partial charge on any atom is 0.239 e. The summed E-state index contributed by atoms with van der Waals surface area (Å²) in [5.41, 5.74) is 1.85. The molecule has 26 heavy (non-hydrogen) atoms. The third-order valence-electron chi connectivity index (χ3n) is 4.09. The van der Waals surface area contributed by atoms with Crippen LogP contribution in [0.1, 0.15) is 12.0 Å². The number of carbonyl (C=O) groups excluding carboxylic acids is 1. The van der Waals surface area contributed by atoms with Crippen molar-refractivity contribution >= 4 is 22.6 Å². The predicted molar refractivity (Wildman–Crippen MR) is 103 cm³/mol. The molecule has 134 valence electrons. The number of para-hydroxylation sites is 1. The second kappa shape index (κ2) is 8.29. The first kappa shape index (κ1) is 17.7. The highest BCUT2D eigenvalue weighted by molar-refractivity contribution is 5.82. The van der Waals surface area contributed by atoms with Crippen LogP contribution in [0.4, 0.5) is 5.82 Å². The number of nitrogens with one attached hydrogen (secondary N) is 2. The number of hydrogen-bond donors (Lipinski definition) is 2. The minimum atomic E-state index is -0.0766. The number of nitrogens with zero attached hydrogens (tertiary/aromatic N) is 2. The minimum absolute atomic E-state index is 0.0342. The number of benzene rings is 1. The standard InChI is InChI=1S/C20H22N4O2/c1-15-7-8-19(23-13-15)21-10-4-11-22-20(26)14-24-12-9-18(25)16-5-2-3-6-17(16)24/h2-3,5-9,12-13H,4,10-11,14H2,1H3,(H,21,23)(H,22,26). The van der Waals surface area contributed by atoms with Crippen LogP contribution in [0.2, 0.25) is 0 Å². The molecule has 0 aliphatic rings. The summed E-state index contributed by atoms with van der Waals surface area (Å²) in [6.45, 7) is 3.50. The molecular weight excluding hydrogens is 328 g/mol. The van der Waals surface area contributed by atoms with Crippen molar-refractivity contribution in [2.24, 2.45) is 0 Å². The summed E-state index contributed by atoms with van der Waals surface area (Å²) in [6.07, 6.45) is 4.28. The van der Waals surface area contributed by atoms with Gasteiger partial charge in [0.1, 0.15) is 12.4 Å². The molecule has 1 aromatic carbocycles. The number of pyridine rings is 2. The summed E-state index contributed by atoms with van der Waals surface area (Å²) < 4.78 is 1.79. The van der Waals surface area contributed by atoms with Crippen LogP contribution in [0, 0.1) is 6.92 Å². The maximum absolute atomic E-state index is 12.2. The van der Waals surface area contributed by atoms with E-state index in [-0.39, 0.29) is 17.9 Å². The number of rotatable bonds is 7. The fourth-order valence-corrected chi connectivity index (χ4v) is 2.71. The van der Waals surface area contributed by atoms with E-state index in [2.05, 4.69) is 15.6 Å². The van der Waals surface area contributed by atoms with Crippen LogP contribution in [0.15, 0.2) is 59.7 Å². The zero-order valence-corrected chi connectivity index (χ0v) is 14.7. The van der Waals surface area contributed by atoms with E-state index in [0.717, 1.165) is 29.9 Å². The number of amides is 1. The van der Waals surface area contributed by atoms with Crippen molar-refractivity contribution in [2.75, 3.05) is 18.4 Å². The molecule has 0 saturated heterocycles. The van der Waals surface area contributed by atoms with Gasteiger partial charge in [0, 0.05) is 36.9 Å². The third-order valence-corrected chi connectivity index (χ3v) is 4.09. The van der Waals surface area contributed by atoms with E-state index in [0.29, 0.717) is 11.9 Å². The SMILES string of the molecule is Cc1ccc(NCCCNC(=O)Cn2ccc(=O)c3ccccc32)nc1. The normalized spacial score (nSPS) is 10.7. The molecule has 0 saturated carbocycles. The van der Waals surface area contributed by atoms with Crippen LogP contribution in [-0.4, -0.2) is 28.5 Å². The molecule has 2 N–H and O–H groups in total. The lowest BCUT2D eigenvalue weighted by molar-refractivity contribution is -0.121. The smallest absolute Gasteiger partial charge is 0.239 e. The van der Waals surface area contributed by atoms with Gasteiger partial charge in [-0.05, 0) is 37.1 Å². The number of carbonyl (C=O) groups is 1. The fourth-order valence-electron chi connectivity index (χ4n) is 2.71. The van der Waals surface area contributed by atoms with Gasteiger partial charge in [0.15, 0.2) is 5.43 Å². The second-order valence-electron chi connectivity index (χ2n) is 6.18. The van der Waals surface area contributed by atoms with E-state index in [9.17, 15) is 9.59 Å². The molecule has 0 spiro atoms. The minimum Gasteiger partial charge on any atom is -0.370 e. The number of fused-ring (bicyclic) bond motifs is 1. The van der Waals surface area contributed by atoms with Gasteiger partial charge < -0.3 is 15.2 Å². The quantitative estimate of drug-likeness (QED) is 0.641. The monoisotopic (exact) mass is 350 g/mol. The lowest BCUT2D eigenvalue weighted by atomic mass is 10.2. The van der Waals surface area contributed by atoms with Gasteiger partial charge in [0.05, 0.1) is 5.52 Å². The van der Waals surface area contributed by atoms with Gasteiger partial charge >= 0.3 is 0 Å². The Morgan fingerprint density at radius 2 is 1.96 bits per heavy atom. The van der Waals surface area contributed by atoms with Crippen LogP contribution in [-0.2, 0) is 11.3 Å². The van der Waals surface area contributed by atoms with Gasteiger partial charge in [-0.25, -0.2) is 4.98 Å². The largest absolute Gasteiger partial charge is 0.370 e. The molecule has 2 aromatic heterocycles. The molecule has 3 aromatic rings. The number of aryl methyl sites for hydroxylation is 1. The summed E-state index contributed by atoms with van der Waals surface area (Å²) in [7, 11) is 0. The molecular formula is C20H22N4O2. The Bertz CT molecular complexity index is 948. The predicted octanol–water partition coefficient (Wildman–Crippen LogP) is 2.32. The van der Waals surface area contributed by atoms with Crippen molar-refractivity contribution < 1.29 is 4.79 Å². The fraction of sp³-hybridized carbons (Fsp3) is 0.250. The van der Waals surface area contributed by atoms with Gasteiger partial charge in [-0.15, -0.1) is 0 Å². The van der Waals surface area contributed by atoms with Crippen LogP contribution in [0.25, 0.3) is 10.9 Å². The Kier molecular flexibility index (Phi) is 5.63. The van der Waals surface area contributed by atoms with Crippen molar-refractivity contribution in [3.8, 4) is 0 Å².